The van der Waals surface area contributed by atoms with Gasteiger partial charge in [0.05, 0.1) is 22.5 Å². The van der Waals surface area contributed by atoms with E-state index in [2.05, 4.69) is 4.98 Å². The molecule has 9 heteroatoms. The largest absolute Gasteiger partial charge is 0.416 e. The van der Waals surface area contributed by atoms with Crippen LogP contribution in [0.4, 0.5) is 34.6 Å². The number of aromatic amines is 1. The van der Waals surface area contributed by atoms with Crippen LogP contribution in [-0.4, -0.2) is 17.6 Å². The van der Waals surface area contributed by atoms with Crippen molar-refractivity contribution in [2.24, 2.45) is 0 Å². The number of fused-ring (bicyclic) bond motifs is 1. The lowest BCUT2D eigenvalue weighted by atomic mass is 10.0. The molecule has 0 fully saturated rings. The molecule has 2 heterocycles. The first-order valence-electron chi connectivity index (χ1n) is 9.32. The Bertz CT molecular complexity index is 1250. The van der Waals surface area contributed by atoms with Crippen molar-refractivity contribution in [2.45, 2.75) is 20.0 Å². The molecule has 5 nitrogen and oxygen atoms in total. The minimum atomic E-state index is -4.60. The average molecular weight is 431 g/mol. The molecule has 2 aromatic carbocycles. The van der Waals surface area contributed by atoms with Gasteiger partial charge >= 0.3 is 6.18 Å². The lowest BCUT2D eigenvalue weighted by Crippen LogP contribution is -2.46. The number of hydrogen-bond donors (Lipinski definition) is 1. The number of carbonyl (C=O) groups excluding carboxylic acids is 1. The summed E-state index contributed by atoms with van der Waals surface area (Å²) in [6.07, 6.45) is -3.14. The molecule has 31 heavy (non-hydrogen) atoms. The van der Waals surface area contributed by atoms with Crippen LogP contribution in [0.2, 0.25) is 0 Å². The number of amides is 1. The van der Waals surface area contributed by atoms with Gasteiger partial charge in [0.1, 0.15) is 12.5 Å². The smallest absolute Gasteiger partial charge is 0.329 e. The fourth-order valence-corrected chi connectivity index (χ4v) is 3.68. The van der Waals surface area contributed by atoms with Crippen molar-refractivity contribution in [1.29, 1.82) is 0 Å². The van der Waals surface area contributed by atoms with Crippen molar-refractivity contribution in [3.05, 3.63) is 87.1 Å². The maximum Gasteiger partial charge on any atom is 0.416 e. The van der Waals surface area contributed by atoms with Gasteiger partial charge in [0, 0.05) is 18.0 Å². The number of rotatable bonds is 2. The van der Waals surface area contributed by atoms with Crippen molar-refractivity contribution in [1.82, 2.24) is 4.98 Å². The summed E-state index contributed by atoms with van der Waals surface area (Å²) < 4.78 is 53.7. The zero-order valence-corrected chi connectivity index (χ0v) is 16.5. The zero-order chi connectivity index (χ0) is 22.5. The second kappa shape index (κ2) is 7.26. The van der Waals surface area contributed by atoms with Crippen LogP contribution in [0.1, 0.15) is 27.0 Å². The summed E-state index contributed by atoms with van der Waals surface area (Å²) in [4.78, 5) is 30.4. The van der Waals surface area contributed by atoms with E-state index < -0.39 is 29.0 Å². The van der Waals surface area contributed by atoms with Crippen LogP contribution in [0, 0.1) is 19.7 Å². The van der Waals surface area contributed by atoms with Crippen LogP contribution in [0.25, 0.3) is 0 Å². The molecule has 1 N–H and O–H groups in total. The molecule has 0 aliphatic carbocycles. The lowest BCUT2D eigenvalue weighted by molar-refractivity contribution is -0.137. The Balaban J connectivity index is 1.94. The summed E-state index contributed by atoms with van der Waals surface area (Å²) >= 11 is 0. The summed E-state index contributed by atoms with van der Waals surface area (Å²) in [5.41, 5.74) is 0.669. The van der Waals surface area contributed by atoms with E-state index in [9.17, 15) is 27.2 Å². The molecule has 0 radical (unpaired) electrons. The first-order chi connectivity index (χ1) is 14.6. The van der Waals surface area contributed by atoms with Gasteiger partial charge in [-0.05, 0) is 61.4 Å². The Labute approximate surface area is 174 Å². The van der Waals surface area contributed by atoms with Crippen molar-refractivity contribution in [2.75, 3.05) is 16.5 Å². The van der Waals surface area contributed by atoms with Crippen LogP contribution in [0.3, 0.4) is 0 Å². The van der Waals surface area contributed by atoms with Gasteiger partial charge in [0.15, 0.2) is 0 Å². The molecular formula is C22H17F4N3O2. The molecule has 1 aliphatic heterocycles. The maximum absolute atomic E-state index is 13.7. The quantitative estimate of drug-likeness (QED) is 0.587. The molecule has 0 atom stereocenters. The van der Waals surface area contributed by atoms with E-state index in [1.165, 1.54) is 40.3 Å². The number of H-pyrrole nitrogens is 1. The topological polar surface area (TPSA) is 56.4 Å². The highest BCUT2D eigenvalue weighted by Crippen LogP contribution is 2.40. The highest BCUT2D eigenvalue weighted by Gasteiger charge is 2.37. The monoisotopic (exact) mass is 431 g/mol. The molecule has 0 bridgehead atoms. The summed E-state index contributed by atoms with van der Waals surface area (Å²) in [6.45, 7) is 3.18. The molecule has 160 valence electrons. The molecule has 3 aromatic rings. The van der Waals surface area contributed by atoms with Crippen molar-refractivity contribution >= 4 is 23.0 Å². The van der Waals surface area contributed by atoms with Crippen LogP contribution in [-0.2, 0) is 6.18 Å². The highest BCUT2D eigenvalue weighted by atomic mass is 19.4. The maximum atomic E-state index is 13.7. The third kappa shape index (κ3) is 3.67. The summed E-state index contributed by atoms with van der Waals surface area (Å²) in [7, 11) is 0. The van der Waals surface area contributed by atoms with Gasteiger partial charge in [0.25, 0.3) is 5.91 Å². The number of benzene rings is 2. The number of halogens is 4. The Morgan fingerprint density at radius 2 is 1.61 bits per heavy atom. The SMILES string of the molecule is Cc1c[nH]c(=O)cc1N1CN(c2ccc(F)cc2C)c2cc(C(F)(F)F)ccc2C1=O. The van der Waals surface area contributed by atoms with Crippen molar-refractivity contribution in [3.8, 4) is 0 Å². The molecule has 4 rings (SSSR count). The molecule has 1 aromatic heterocycles. The second-order valence-electron chi connectivity index (χ2n) is 7.33. The fourth-order valence-electron chi connectivity index (χ4n) is 3.68. The van der Waals surface area contributed by atoms with E-state index in [4.69, 9.17) is 0 Å². The van der Waals surface area contributed by atoms with Gasteiger partial charge in [-0.3, -0.25) is 14.5 Å². The molecular weight excluding hydrogens is 414 g/mol. The van der Waals surface area contributed by atoms with E-state index >= 15 is 0 Å². The Hall–Kier alpha value is -3.62. The van der Waals surface area contributed by atoms with Gasteiger partial charge in [-0.25, -0.2) is 4.39 Å². The Kier molecular flexibility index (Phi) is 4.83. The van der Waals surface area contributed by atoms with Crippen LogP contribution < -0.4 is 15.4 Å². The second-order valence-corrected chi connectivity index (χ2v) is 7.33. The van der Waals surface area contributed by atoms with Crippen LogP contribution in [0.15, 0.2) is 53.5 Å². The summed E-state index contributed by atoms with van der Waals surface area (Å²) in [5, 5.41) is 0. The van der Waals surface area contributed by atoms with E-state index in [0.29, 0.717) is 22.5 Å². The normalized spacial score (nSPS) is 14.1. The van der Waals surface area contributed by atoms with Crippen LogP contribution in [0.5, 0.6) is 0 Å². The summed E-state index contributed by atoms with van der Waals surface area (Å²) in [6, 6.07) is 8.07. The summed E-state index contributed by atoms with van der Waals surface area (Å²) in [5.74, 6) is -1.02. The minimum absolute atomic E-state index is 0.0441. The number of aromatic nitrogens is 1. The number of nitrogens with zero attached hydrogens (tertiary/aromatic N) is 2. The van der Waals surface area contributed by atoms with Gasteiger partial charge < -0.3 is 9.88 Å². The fraction of sp³-hybridized carbons (Fsp3) is 0.182. The van der Waals surface area contributed by atoms with E-state index in [-0.39, 0.29) is 17.9 Å². The number of aryl methyl sites for hydroxylation is 2. The van der Waals surface area contributed by atoms with E-state index in [0.717, 1.165) is 18.2 Å². The Morgan fingerprint density at radius 1 is 0.871 bits per heavy atom. The molecule has 0 saturated carbocycles. The first kappa shape index (κ1) is 20.6. The number of carbonyl (C=O) groups is 1. The van der Waals surface area contributed by atoms with Crippen molar-refractivity contribution < 1.29 is 22.4 Å². The number of nitrogens with one attached hydrogen (secondary N) is 1. The number of hydrogen-bond acceptors (Lipinski definition) is 3. The predicted molar refractivity (Wildman–Crippen MR) is 108 cm³/mol. The number of alkyl halides is 3. The molecule has 1 amide bonds. The minimum Gasteiger partial charge on any atom is -0.329 e. The lowest BCUT2D eigenvalue weighted by Gasteiger charge is -2.39. The molecule has 0 unspecified atom stereocenters. The van der Waals surface area contributed by atoms with E-state index in [1.807, 2.05) is 0 Å². The van der Waals surface area contributed by atoms with Gasteiger partial charge in [-0.15, -0.1) is 0 Å². The average Bonchev–Trinajstić information content (AvgIpc) is 2.70. The number of anilines is 3. The zero-order valence-electron chi connectivity index (χ0n) is 16.5. The van der Waals surface area contributed by atoms with Gasteiger partial charge in [-0.2, -0.15) is 13.2 Å². The van der Waals surface area contributed by atoms with Crippen LogP contribution >= 0.6 is 0 Å². The van der Waals surface area contributed by atoms with Crippen molar-refractivity contribution in [3.63, 3.8) is 0 Å². The third-order valence-electron chi connectivity index (χ3n) is 5.22. The first-order valence-corrected chi connectivity index (χ1v) is 9.32. The molecule has 1 aliphatic rings. The number of pyridine rings is 1. The van der Waals surface area contributed by atoms with Gasteiger partial charge in [-0.1, -0.05) is 0 Å². The van der Waals surface area contributed by atoms with E-state index in [1.54, 1.807) is 13.8 Å². The molecule has 0 spiro atoms. The predicted octanol–water partition coefficient (Wildman–Crippen LogP) is 4.91. The molecule has 0 saturated heterocycles. The standard InChI is InChI=1S/C22H17F4N3O2/c1-12-7-15(23)4-6-17(12)28-11-29(18-9-20(30)27-10-13(18)2)21(31)16-5-3-14(8-19(16)28)22(24,25)26/h3-10H,11H2,1-2H3,(H,27,30). The van der Waals surface area contributed by atoms with Gasteiger partial charge in [0.2, 0.25) is 5.56 Å². The highest BCUT2D eigenvalue weighted by molar-refractivity contribution is 6.13. The Morgan fingerprint density at radius 3 is 2.29 bits per heavy atom. The third-order valence-corrected chi connectivity index (χ3v) is 5.22.